The number of aromatic nitrogens is 3. The number of hydrogen-bond acceptors (Lipinski definition) is 6. The molecule has 0 saturated heterocycles. The van der Waals surface area contributed by atoms with Gasteiger partial charge in [-0.2, -0.15) is 5.10 Å². The largest absolute Gasteiger partial charge is 0.496 e. The number of para-hydroxylation sites is 2. The van der Waals surface area contributed by atoms with Gasteiger partial charge in [-0.15, -0.1) is 10.2 Å². The van der Waals surface area contributed by atoms with E-state index in [2.05, 4.69) is 20.7 Å². The monoisotopic (exact) mass is 457 g/mol. The molecule has 1 N–H and O–H groups in total. The molecule has 8 heteroatoms. The van der Waals surface area contributed by atoms with Crippen LogP contribution in [-0.2, 0) is 4.79 Å². The number of amides is 1. The highest BCUT2D eigenvalue weighted by atomic mass is 32.2. The molecule has 0 saturated carbocycles. The number of aryl methyl sites for hydroxylation is 1. The van der Waals surface area contributed by atoms with Crippen LogP contribution in [0.1, 0.15) is 11.1 Å². The number of methoxy groups -OCH3 is 1. The first-order valence-corrected chi connectivity index (χ1v) is 11.3. The molecular formula is C25H23N5O2S. The minimum absolute atomic E-state index is 0.141. The molecule has 0 aliphatic carbocycles. The zero-order chi connectivity index (χ0) is 23.0. The summed E-state index contributed by atoms with van der Waals surface area (Å²) in [5.74, 6) is 1.30. The molecule has 1 amide bonds. The Balaban J connectivity index is 1.49. The van der Waals surface area contributed by atoms with E-state index >= 15 is 0 Å². The van der Waals surface area contributed by atoms with E-state index in [0.717, 1.165) is 22.6 Å². The van der Waals surface area contributed by atoms with Crippen LogP contribution in [0.25, 0.3) is 17.1 Å². The van der Waals surface area contributed by atoms with E-state index in [0.29, 0.717) is 10.9 Å². The average molecular weight is 458 g/mol. The highest BCUT2D eigenvalue weighted by Crippen LogP contribution is 2.28. The standard InChI is InChI=1S/C25H23N5O2S/c1-18-12-14-19(15-13-18)24-28-29-25(30(24)21-9-4-3-5-10-21)33-17-23(31)27-26-16-20-8-6-7-11-22(20)32-2/h3-16H,17H2,1-2H3,(H,27,31)/b26-16-. The molecule has 0 aliphatic rings. The van der Waals surface area contributed by atoms with Crippen molar-refractivity contribution in [2.75, 3.05) is 12.9 Å². The predicted octanol–water partition coefficient (Wildman–Crippen LogP) is 4.49. The number of rotatable bonds is 8. The van der Waals surface area contributed by atoms with Crippen LogP contribution in [0.5, 0.6) is 5.75 Å². The minimum Gasteiger partial charge on any atom is -0.496 e. The number of nitrogens with zero attached hydrogens (tertiary/aromatic N) is 4. The topological polar surface area (TPSA) is 81.4 Å². The maximum atomic E-state index is 12.4. The molecule has 0 radical (unpaired) electrons. The van der Waals surface area contributed by atoms with Crippen LogP contribution in [0.4, 0.5) is 0 Å². The molecule has 4 rings (SSSR count). The molecular weight excluding hydrogens is 434 g/mol. The van der Waals surface area contributed by atoms with E-state index in [1.165, 1.54) is 17.3 Å². The lowest BCUT2D eigenvalue weighted by Crippen LogP contribution is -2.20. The fraction of sp³-hybridized carbons (Fsp3) is 0.120. The number of ether oxygens (including phenoxy) is 1. The van der Waals surface area contributed by atoms with Crippen LogP contribution in [0.2, 0.25) is 0 Å². The van der Waals surface area contributed by atoms with Crippen molar-refractivity contribution in [2.24, 2.45) is 5.10 Å². The Hall–Kier alpha value is -3.91. The lowest BCUT2D eigenvalue weighted by molar-refractivity contribution is -0.118. The molecule has 0 atom stereocenters. The predicted molar refractivity (Wildman–Crippen MR) is 131 cm³/mol. The van der Waals surface area contributed by atoms with E-state index in [1.54, 1.807) is 13.3 Å². The molecule has 4 aromatic rings. The van der Waals surface area contributed by atoms with Crippen molar-refractivity contribution in [3.05, 3.63) is 90.0 Å². The van der Waals surface area contributed by atoms with Crippen molar-refractivity contribution >= 4 is 23.9 Å². The van der Waals surface area contributed by atoms with Gasteiger partial charge in [-0.05, 0) is 31.2 Å². The number of nitrogens with one attached hydrogen (secondary N) is 1. The summed E-state index contributed by atoms with van der Waals surface area (Å²) in [4.78, 5) is 12.4. The number of benzene rings is 3. The molecule has 0 bridgehead atoms. The number of carbonyl (C=O) groups excluding carboxylic acids is 1. The molecule has 0 spiro atoms. The van der Waals surface area contributed by atoms with Crippen LogP contribution in [0, 0.1) is 6.92 Å². The van der Waals surface area contributed by atoms with Gasteiger partial charge in [-0.1, -0.05) is 71.9 Å². The van der Waals surface area contributed by atoms with Gasteiger partial charge in [-0.25, -0.2) is 5.43 Å². The Morgan fingerprint density at radius 3 is 2.52 bits per heavy atom. The van der Waals surface area contributed by atoms with Gasteiger partial charge >= 0.3 is 0 Å². The fourth-order valence-corrected chi connectivity index (χ4v) is 3.92. The van der Waals surface area contributed by atoms with Crippen molar-refractivity contribution in [1.29, 1.82) is 0 Å². The van der Waals surface area contributed by atoms with Crippen LogP contribution >= 0.6 is 11.8 Å². The van der Waals surface area contributed by atoms with Crippen molar-refractivity contribution in [3.8, 4) is 22.8 Å². The maximum absolute atomic E-state index is 12.4. The lowest BCUT2D eigenvalue weighted by Gasteiger charge is -2.10. The molecule has 33 heavy (non-hydrogen) atoms. The van der Waals surface area contributed by atoms with Crippen molar-refractivity contribution in [1.82, 2.24) is 20.2 Å². The van der Waals surface area contributed by atoms with E-state index < -0.39 is 0 Å². The number of hydrazone groups is 1. The summed E-state index contributed by atoms with van der Waals surface area (Å²) in [6.07, 6.45) is 1.56. The summed E-state index contributed by atoms with van der Waals surface area (Å²) in [5, 5.41) is 13.4. The van der Waals surface area contributed by atoms with Gasteiger partial charge < -0.3 is 4.74 Å². The first kappa shape index (κ1) is 22.3. The van der Waals surface area contributed by atoms with Crippen molar-refractivity contribution in [3.63, 3.8) is 0 Å². The van der Waals surface area contributed by atoms with Gasteiger partial charge in [0.2, 0.25) is 0 Å². The normalized spacial score (nSPS) is 11.0. The Kier molecular flexibility index (Phi) is 7.16. The summed E-state index contributed by atoms with van der Waals surface area (Å²) in [6.45, 7) is 2.04. The van der Waals surface area contributed by atoms with Crippen LogP contribution < -0.4 is 10.2 Å². The van der Waals surface area contributed by atoms with Gasteiger partial charge in [0.1, 0.15) is 5.75 Å². The number of carbonyl (C=O) groups is 1. The van der Waals surface area contributed by atoms with E-state index in [-0.39, 0.29) is 11.7 Å². The van der Waals surface area contributed by atoms with Crippen LogP contribution in [0.15, 0.2) is 89.1 Å². The first-order chi connectivity index (χ1) is 16.2. The highest BCUT2D eigenvalue weighted by Gasteiger charge is 2.17. The Morgan fingerprint density at radius 2 is 1.76 bits per heavy atom. The Labute approximate surface area is 196 Å². The average Bonchev–Trinajstić information content (AvgIpc) is 3.28. The van der Waals surface area contributed by atoms with Gasteiger partial charge in [0.25, 0.3) is 5.91 Å². The third kappa shape index (κ3) is 5.48. The second kappa shape index (κ2) is 10.6. The molecule has 0 unspecified atom stereocenters. The van der Waals surface area contributed by atoms with Crippen molar-refractivity contribution in [2.45, 2.75) is 12.1 Å². The third-order valence-corrected chi connectivity index (χ3v) is 5.75. The Bertz CT molecular complexity index is 1250. The zero-order valence-corrected chi connectivity index (χ0v) is 19.1. The van der Waals surface area contributed by atoms with Crippen LogP contribution in [-0.4, -0.2) is 39.7 Å². The van der Waals surface area contributed by atoms with Gasteiger partial charge in [0, 0.05) is 16.8 Å². The summed E-state index contributed by atoms with van der Waals surface area (Å²) >= 11 is 1.30. The molecule has 7 nitrogen and oxygen atoms in total. The summed E-state index contributed by atoms with van der Waals surface area (Å²) in [7, 11) is 1.59. The highest BCUT2D eigenvalue weighted by molar-refractivity contribution is 7.99. The Morgan fingerprint density at radius 1 is 1.03 bits per heavy atom. The second-order valence-electron chi connectivity index (χ2n) is 7.17. The van der Waals surface area contributed by atoms with Gasteiger partial charge in [0.05, 0.1) is 19.1 Å². The summed E-state index contributed by atoms with van der Waals surface area (Å²) < 4.78 is 7.24. The van der Waals surface area contributed by atoms with E-state index in [9.17, 15) is 4.79 Å². The van der Waals surface area contributed by atoms with Crippen LogP contribution in [0.3, 0.4) is 0 Å². The van der Waals surface area contributed by atoms with Crippen molar-refractivity contribution < 1.29 is 9.53 Å². The zero-order valence-electron chi connectivity index (χ0n) is 18.3. The lowest BCUT2D eigenvalue weighted by atomic mass is 10.1. The number of thioether (sulfide) groups is 1. The first-order valence-electron chi connectivity index (χ1n) is 10.3. The molecule has 1 heterocycles. The summed E-state index contributed by atoms with van der Waals surface area (Å²) in [6, 6.07) is 25.4. The minimum atomic E-state index is -0.245. The molecule has 0 fully saturated rings. The maximum Gasteiger partial charge on any atom is 0.250 e. The van der Waals surface area contributed by atoms with Gasteiger partial charge in [0.15, 0.2) is 11.0 Å². The fourth-order valence-electron chi connectivity index (χ4n) is 3.17. The summed E-state index contributed by atoms with van der Waals surface area (Å²) in [5.41, 5.74) is 6.38. The van der Waals surface area contributed by atoms with E-state index in [4.69, 9.17) is 4.74 Å². The quantitative estimate of drug-likeness (QED) is 0.239. The SMILES string of the molecule is COc1ccccc1/C=N\NC(=O)CSc1nnc(-c2ccc(C)cc2)n1-c1ccccc1. The second-order valence-corrected chi connectivity index (χ2v) is 8.11. The molecule has 0 aliphatic heterocycles. The molecule has 3 aromatic carbocycles. The smallest absolute Gasteiger partial charge is 0.250 e. The number of hydrogen-bond donors (Lipinski definition) is 1. The molecule has 166 valence electrons. The molecule has 1 aromatic heterocycles. The van der Waals surface area contributed by atoms with Gasteiger partial charge in [-0.3, -0.25) is 9.36 Å². The van der Waals surface area contributed by atoms with E-state index in [1.807, 2.05) is 90.4 Å². The third-order valence-electron chi connectivity index (χ3n) is 4.82.